The van der Waals surface area contributed by atoms with Gasteiger partial charge in [-0.1, -0.05) is 24.6 Å². The van der Waals surface area contributed by atoms with E-state index in [4.69, 9.17) is 0 Å². The summed E-state index contributed by atoms with van der Waals surface area (Å²) in [6.45, 7) is 8.99. The average molecular weight is 418 g/mol. The van der Waals surface area contributed by atoms with Crippen LogP contribution in [0.5, 0.6) is 0 Å². The highest BCUT2D eigenvalue weighted by atomic mass is 16.2. The Bertz CT molecular complexity index is 1060. The Balaban J connectivity index is 1.61. The number of carbonyl (C=O) groups is 1. The van der Waals surface area contributed by atoms with Crippen molar-refractivity contribution < 1.29 is 4.79 Å². The zero-order valence-electron chi connectivity index (χ0n) is 18.9. The van der Waals surface area contributed by atoms with Crippen LogP contribution in [0.2, 0.25) is 0 Å². The van der Waals surface area contributed by atoms with Crippen molar-refractivity contribution in [3.8, 4) is 5.69 Å². The number of rotatable bonds is 5. The molecule has 3 aromatic rings. The molecule has 2 atom stereocenters. The van der Waals surface area contributed by atoms with Gasteiger partial charge < -0.3 is 4.90 Å². The number of pyridine rings is 1. The SMILES string of the molecule is Cc1ccc(CC[C@@H]2[C@H](C)CCCN2C(=O)c2cc(C)ccc2-n2cnc(C)n2)nc1. The van der Waals surface area contributed by atoms with Crippen molar-refractivity contribution in [2.45, 2.75) is 59.4 Å². The summed E-state index contributed by atoms with van der Waals surface area (Å²) in [4.78, 5) is 24.7. The summed E-state index contributed by atoms with van der Waals surface area (Å²) in [5, 5.41) is 4.44. The van der Waals surface area contributed by atoms with Crippen molar-refractivity contribution in [1.82, 2.24) is 24.6 Å². The molecule has 3 heterocycles. The predicted molar refractivity (Wildman–Crippen MR) is 121 cm³/mol. The molecule has 0 unspecified atom stereocenters. The number of nitrogens with zero attached hydrogens (tertiary/aromatic N) is 5. The number of piperidine rings is 1. The number of hydrogen-bond donors (Lipinski definition) is 0. The van der Waals surface area contributed by atoms with Gasteiger partial charge in [-0.3, -0.25) is 9.78 Å². The summed E-state index contributed by atoms with van der Waals surface area (Å²) < 4.78 is 1.71. The Kier molecular flexibility index (Phi) is 6.16. The normalized spacial score (nSPS) is 18.9. The smallest absolute Gasteiger partial charge is 0.256 e. The minimum atomic E-state index is 0.0836. The first-order chi connectivity index (χ1) is 14.9. The molecule has 0 aliphatic carbocycles. The van der Waals surface area contributed by atoms with Gasteiger partial charge in [0.05, 0.1) is 11.3 Å². The minimum absolute atomic E-state index is 0.0836. The van der Waals surface area contributed by atoms with Crippen LogP contribution in [0.25, 0.3) is 5.69 Å². The molecule has 6 heteroatoms. The highest BCUT2D eigenvalue weighted by Gasteiger charge is 2.33. The summed E-state index contributed by atoms with van der Waals surface area (Å²) in [5.41, 5.74) is 4.80. The van der Waals surface area contributed by atoms with Gasteiger partial charge in [-0.25, -0.2) is 9.67 Å². The number of aromatic nitrogens is 4. The number of aryl methyl sites for hydroxylation is 4. The molecule has 31 heavy (non-hydrogen) atoms. The maximum atomic E-state index is 13.8. The van der Waals surface area contributed by atoms with Gasteiger partial charge >= 0.3 is 0 Å². The van der Waals surface area contributed by atoms with Gasteiger partial charge in [0.1, 0.15) is 12.2 Å². The van der Waals surface area contributed by atoms with E-state index in [0.717, 1.165) is 49.2 Å². The van der Waals surface area contributed by atoms with Gasteiger partial charge in [-0.2, -0.15) is 5.10 Å². The van der Waals surface area contributed by atoms with Crippen molar-refractivity contribution in [3.63, 3.8) is 0 Å². The van der Waals surface area contributed by atoms with Crippen LogP contribution in [0.1, 0.15) is 59.2 Å². The van der Waals surface area contributed by atoms with E-state index in [1.807, 2.05) is 38.2 Å². The third-order valence-electron chi connectivity index (χ3n) is 6.28. The first kappa shape index (κ1) is 21.2. The van der Waals surface area contributed by atoms with Crippen LogP contribution in [0, 0.1) is 26.7 Å². The number of hydrogen-bond acceptors (Lipinski definition) is 4. The molecular formula is C25H31N5O. The Morgan fingerprint density at radius 3 is 2.61 bits per heavy atom. The lowest BCUT2D eigenvalue weighted by molar-refractivity contribution is 0.0499. The molecule has 1 saturated heterocycles. The average Bonchev–Trinajstić information content (AvgIpc) is 3.19. The second-order valence-corrected chi connectivity index (χ2v) is 8.81. The Labute approximate surface area is 184 Å². The maximum Gasteiger partial charge on any atom is 0.256 e. The van der Waals surface area contributed by atoms with E-state index < -0.39 is 0 Å². The van der Waals surface area contributed by atoms with E-state index in [2.05, 4.69) is 45.9 Å². The quantitative estimate of drug-likeness (QED) is 0.615. The van der Waals surface area contributed by atoms with Gasteiger partial charge in [0.2, 0.25) is 0 Å². The van der Waals surface area contributed by atoms with E-state index >= 15 is 0 Å². The van der Waals surface area contributed by atoms with Crippen molar-refractivity contribution in [2.24, 2.45) is 5.92 Å². The standard InChI is InChI=1S/C25H31N5O/c1-17-8-11-24(30-16-27-20(4)28-30)22(14-17)25(31)29-13-5-6-19(3)23(29)12-10-21-9-7-18(2)15-26-21/h7-9,11,14-16,19,23H,5-6,10,12-13H2,1-4H3/t19-,23-/m1/s1. The molecule has 0 saturated carbocycles. The second-order valence-electron chi connectivity index (χ2n) is 8.81. The van der Waals surface area contributed by atoms with Crippen molar-refractivity contribution in [2.75, 3.05) is 6.54 Å². The fraction of sp³-hybridized carbons (Fsp3) is 0.440. The van der Waals surface area contributed by atoms with Crippen molar-refractivity contribution >= 4 is 5.91 Å². The zero-order chi connectivity index (χ0) is 22.0. The number of amides is 1. The predicted octanol–water partition coefficient (Wildman–Crippen LogP) is 4.46. The largest absolute Gasteiger partial charge is 0.335 e. The van der Waals surface area contributed by atoms with Crippen LogP contribution in [0.4, 0.5) is 0 Å². The van der Waals surface area contributed by atoms with Crippen LogP contribution in [-0.4, -0.2) is 43.1 Å². The topological polar surface area (TPSA) is 63.9 Å². The van der Waals surface area contributed by atoms with Gasteiger partial charge in [0.15, 0.2) is 0 Å². The molecule has 2 aromatic heterocycles. The molecule has 0 bridgehead atoms. The van der Waals surface area contributed by atoms with Crippen LogP contribution in [0.3, 0.4) is 0 Å². The third-order valence-corrected chi connectivity index (χ3v) is 6.28. The zero-order valence-corrected chi connectivity index (χ0v) is 18.9. The number of benzene rings is 1. The third kappa shape index (κ3) is 4.68. The molecule has 1 fully saturated rings. The summed E-state index contributed by atoms with van der Waals surface area (Å²) >= 11 is 0. The van der Waals surface area contributed by atoms with Crippen LogP contribution in [0.15, 0.2) is 42.9 Å². The Morgan fingerprint density at radius 1 is 1.10 bits per heavy atom. The lowest BCUT2D eigenvalue weighted by atomic mass is 9.86. The summed E-state index contributed by atoms with van der Waals surface area (Å²) in [7, 11) is 0. The van der Waals surface area contributed by atoms with E-state index in [0.29, 0.717) is 17.3 Å². The fourth-order valence-corrected chi connectivity index (χ4v) is 4.52. The second kappa shape index (κ2) is 9.00. The molecule has 1 aliphatic rings. The Morgan fingerprint density at radius 2 is 1.90 bits per heavy atom. The maximum absolute atomic E-state index is 13.8. The first-order valence-corrected chi connectivity index (χ1v) is 11.1. The van der Waals surface area contributed by atoms with Gasteiger partial charge in [0, 0.05) is 24.5 Å². The van der Waals surface area contributed by atoms with E-state index in [1.165, 1.54) is 5.56 Å². The molecule has 1 amide bonds. The van der Waals surface area contributed by atoms with Crippen molar-refractivity contribution in [3.05, 3.63) is 71.1 Å². The lowest BCUT2D eigenvalue weighted by Gasteiger charge is -2.40. The van der Waals surface area contributed by atoms with Crippen LogP contribution >= 0.6 is 0 Å². The van der Waals surface area contributed by atoms with Crippen molar-refractivity contribution in [1.29, 1.82) is 0 Å². The summed E-state index contributed by atoms with van der Waals surface area (Å²) in [6.07, 6.45) is 7.58. The summed E-state index contributed by atoms with van der Waals surface area (Å²) in [6, 6.07) is 10.4. The minimum Gasteiger partial charge on any atom is -0.335 e. The molecule has 0 N–H and O–H groups in total. The number of carbonyl (C=O) groups excluding carboxylic acids is 1. The molecule has 162 valence electrons. The van der Waals surface area contributed by atoms with Crippen LogP contribution < -0.4 is 0 Å². The lowest BCUT2D eigenvalue weighted by Crippen LogP contribution is -2.48. The van der Waals surface area contributed by atoms with Gasteiger partial charge in [0.25, 0.3) is 5.91 Å². The molecular weight excluding hydrogens is 386 g/mol. The first-order valence-electron chi connectivity index (χ1n) is 11.1. The molecule has 0 spiro atoms. The molecule has 0 radical (unpaired) electrons. The monoisotopic (exact) mass is 417 g/mol. The molecule has 1 aliphatic heterocycles. The van der Waals surface area contributed by atoms with Crippen LogP contribution in [-0.2, 0) is 6.42 Å². The molecule has 4 rings (SSSR count). The highest BCUT2D eigenvalue weighted by molar-refractivity contribution is 5.98. The van der Waals surface area contributed by atoms with E-state index in [1.54, 1.807) is 11.0 Å². The Hall–Kier alpha value is -3.02. The number of likely N-dealkylation sites (tertiary alicyclic amines) is 1. The van der Waals surface area contributed by atoms with E-state index in [-0.39, 0.29) is 11.9 Å². The van der Waals surface area contributed by atoms with Gasteiger partial charge in [-0.15, -0.1) is 0 Å². The van der Waals surface area contributed by atoms with Gasteiger partial charge in [-0.05, 0) is 76.1 Å². The molecule has 1 aromatic carbocycles. The van der Waals surface area contributed by atoms with E-state index in [9.17, 15) is 4.79 Å². The molecule has 6 nitrogen and oxygen atoms in total. The summed E-state index contributed by atoms with van der Waals surface area (Å²) in [5.74, 6) is 1.24. The highest BCUT2D eigenvalue weighted by Crippen LogP contribution is 2.29. The fourth-order valence-electron chi connectivity index (χ4n) is 4.52.